The van der Waals surface area contributed by atoms with E-state index < -0.39 is 0 Å². The van der Waals surface area contributed by atoms with Gasteiger partial charge in [-0.2, -0.15) is 0 Å². The number of nitrogens with zero attached hydrogens (tertiary/aromatic N) is 3. The third-order valence-corrected chi connectivity index (χ3v) is 3.14. The van der Waals surface area contributed by atoms with E-state index in [1.165, 1.54) is 11.1 Å². The number of aryl methyl sites for hydroxylation is 1. The Hall–Kier alpha value is -2.62. The minimum atomic E-state index is 0.785. The van der Waals surface area contributed by atoms with Crippen molar-refractivity contribution in [2.75, 3.05) is 5.32 Å². The van der Waals surface area contributed by atoms with Crippen molar-refractivity contribution in [2.45, 2.75) is 13.5 Å². The number of hydrogen-bond acceptors (Lipinski definition) is 3. The molecule has 0 saturated heterocycles. The van der Waals surface area contributed by atoms with E-state index in [1.54, 1.807) is 10.9 Å². The molecule has 3 aromatic rings. The normalized spacial score (nSPS) is 10.4. The predicted octanol–water partition coefficient (Wildman–Crippen LogP) is 3.19. The summed E-state index contributed by atoms with van der Waals surface area (Å²) in [5.74, 6) is 0. The summed E-state index contributed by atoms with van der Waals surface area (Å²) in [6.45, 7) is 2.89. The molecular formula is C16H16N4. The third-order valence-electron chi connectivity index (χ3n) is 3.14. The van der Waals surface area contributed by atoms with Crippen LogP contribution in [0.2, 0.25) is 0 Å². The van der Waals surface area contributed by atoms with Gasteiger partial charge in [-0.15, -0.1) is 5.10 Å². The monoisotopic (exact) mass is 264 g/mol. The van der Waals surface area contributed by atoms with Crippen LogP contribution < -0.4 is 5.32 Å². The fourth-order valence-corrected chi connectivity index (χ4v) is 2.18. The van der Waals surface area contributed by atoms with Crippen LogP contribution >= 0.6 is 0 Å². The summed E-state index contributed by atoms with van der Waals surface area (Å²) < 4.78 is 1.76. The molecule has 1 N–H and O–H groups in total. The van der Waals surface area contributed by atoms with Crippen LogP contribution in [0.5, 0.6) is 0 Å². The summed E-state index contributed by atoms with van der Waals surface area (Å²) in [6, 6.07) is 16.6. The first kappa shape index (κ1) is 12.4. The van der Waals surface area contributed by atoms with Crippen LogP contribution in [0.4, 0.5) is 5.69 Å². The fourth-order valence-electron chi connectivity index (χ4n) is 2.18. The second kappa shape index (κ2) is 5.57. The van der Waals surface area contributed by atoms with Crippen molar-refractivity contribution in [1.82, 2.24) is 15.0 Å². The van der Waals surface area contributed by atoms with Gasteiger partial charge in [0.05, 0.1) is 23.8 Å². The van der Waals surface area contributed by atoms with E-state index in [2.05, 4.69) is 46.8 Å². The molecule has 4 heteroatoms. The maximum absolute atomic E-state index is 4.04. The van der Waals surface area contributed by atoms with Crippen LogP contribution in [0.15, 0.2) is 60.9 Å². The lowest BCUT2D eigenvalue weighted by Crippen LogP contribution is -2.05. The van der Waals surface area contributed by atoms with Crippen molar-refractivity contribution in [1.29, 1.82) is 0 Å². The van der Waals surface area contributed by atoms with Gasteiger partial charge >= 0.3 is 0 Å². The zero-order valence-electron chi connectivity index (χ0n) is 11.3. The molecule has 3 rings (SSSR count). The second-order valence-electron chi connectivity index (χ2n) is 4.71. The van der Waals surface area contributed by atoms with Gasteiger partial charge in [-0.3, -0.25) is 0 Å². The van der Waals surface area contributed by atoms with Crippen LogP contribution in [-0.2, 0) is 6.54 Å². The average molecular weight is 264 g/mol. The standard InChI is InChI=1S/C16H16N4/c1-13-5-4-6-14(11-13)12-17-15-7-2-3-8-16(15)20-10-9-18-19-20/h2-11,17H,12H2,1H3. The molecule has 0 unspecified atom stereocenters. The minimum Gasteiger partial charge on any atom is -0.379 e. The highest BCUT2D eigenvalue weighted by molar-refractivity contribution is 5.60. The lowest BCUT2D eigenvalue weighted by molar-refractivity contribution is 0.803. The average Bonchev–Trinajstić information content (AvgIpc) is 3.00. The highest BCUT2D eigenvalue weighted by Gasteiger charge is 2.04. The number of hydrogen-bond donors (Lipinski definition) is 1. The molecule has 0 atom stereocenters. The SMILES string of the molecule is Cc1cccc(CNc2ccccc2-n2ccnn2)c1. The smallest absolute Gasteiger partial charge is 0.0894 e. The van der Waals surface area contributed by atoms with Gasteiger partial charge in [0, 0.05) is 6.54 Å². The largest absolute Gasteiger partial charge is 0.379 e. The summed E-state index contributed by atoms with van der Waals surface area (Å²) in [5, 5.41) is 11.4. The van der Waals surface area contributed by atoms with Crippen molar-refractivity contribution in [3.05, 3.63) is 72.1 Å². The van der Waals surface area contributed by atoms with E-state index in [4.69, 9.17) is 0 Å². The Balaban J connectivity index is 1.81. The molecule has 0 aliphatic heterocycles. The molecule has 0 amide bonds. The van der Waals surface area contributed by atoms with E-state index in [9.17, 15) is 0 Å². The number of nitrogens with one attached hydrogen (secondary N) is 1. The predicted molar refractivity (Wildman–Crippen MR) is 79.9 cm³/mol. The van der Waals surface area contributed by atoms with E-state index in [0.29, 0.717) is 0 Å². The molecule has 1 heterocycles. The Morgan fingerprint density at radius 2 is 2.00 bits per heavy atom. The fraction of sp³-hybridized carbons (Fsp3) is 0.125. The van der Waals surface area contributed by atoms with Gasteiger partial charge < -0.3 is 5.32 Å². The number of anilines is 1. The van der Waals surface area contributed by atoms with Crippen LogP contribution in [0.25, 0.3) is 5.69 Å². The van der Waals surface area contributed by atoms with Crippen LogP contribution in [-0.4, -0.2) is 15.0 Å². The number of para-hydroxylation sites is 2. The van der Waals surface area contributed by atoms with Crippen molar-refractivity contribution >= 4 is 5.69 Å². The maximum Gasteiger partial charge on any atom is 0.0894 e. The summed E-state index contributed by atoms with van der Waals surface area (Å²) in [5.41, 5.74) is 4.57. The number of aromatic nitrogens is 3. The van der Waals surface area contributed by atoms with Gasteiger partial charge in [0.2, 0.25) is 0 Å². The number of benzene rings is 2. The first-order valence-electron chi connectivity index (χ1n) is 6.58. The molecule has 0 fully saturated rings. The highest BCUT2D eigenvalue weighted by Crippen LogP contribution is 2.19. The highest BCUT2D eigenvalue weighted by atomic mass is 15.4. The molecule has 0 spiro atoms. The molecule has 2 aromatic carbocycles. The van der Waals surface area contributed by atoms with E-state index in [1.807, 2.05) is 30.5 Å². The minimum absolute atomic E-state index is 0.785. The first-order valence-corrected chi connectivity index (χ1v) is 6.58. The molecule has 0 aliphatic carbocycles. The summed E-state index contributed by atoms with van der Waals surface area (Å²) >= 11 is 0. The molecule has 0 aliphatic rings. The van der Waals surface area contributed by atoms with Gasteiger partial charge in [-0.05, 0) is 24.6 Å². The molecule has 100 valence electrons. The zero-order chi connectivity index (χ0) is 13.8. The van der Waals surface area contributed by atoms with Crippen LogP contribution in [0, 0.1) is 6.92 Å². The molecule has 20 heavy (non-hydrogen) atoms. The molecule has 0 radical (unpaired) electrons. The zero-order valence-corrected chi connectivity index (χ0v) is 11.3. The van der Waals surface area contributed by atoms with Crippen molar-refractivity contribution in [3.8, 4) is 5.69 Å². The molecular weight excluding hydrogens is 248 g/mol. The third kappa shape index (κ3) is 2.69. The summed E-state index contributed by atoms with van der Waals surface area (Å²) in [7, 11) is 0. The molecule has 0 saturated carbocycles. The van der Waals surface area contributed by atoms with Gasteiger partial charge in [-0.1, -0.05) is 47.2 Å². The lowest BCUT2D eigenvalue weighted by atomic mass is 10.1. The summed E-state index contributed by atoms with van der Waals surface area (Å²) in [6.07, 6.45) is 3.52. The topological polar surface area (TPSA) is 42.7 Å². The lowest BCUT2D eigenvalue weighted by Gasteiger charge is -2.11. The second-order valence-corrected chi connectivity index (χ2v) is 4.71. The Labute approximate surface area is 118 Å². The van der Waals surface area contributed by atoms with Gasteiger partial charge in [0.15, 0.2) is 0 Å². The van der Waals surface area contributed by atoms with Gasteiger partial charge in [0.25, 0.3) is 0 Å². The van der Waals surface area contributed by atoms with Crippen molar-refractivity contribution in [3.63, 3.8) is 0 Å². The Morgan fingerprint density at radius 3 is 2.80 bits per heavy atom. The van der Waals surface area contributed by atoms with E-state index in [-0.39, 0.29) is 0 Å². The van der Waals surface area contributed by atoms with Crippen molar-refractivity contribution in [2.24, 2.45) is 0 Å². The van der Waals surface area contributed by atoms with Gasteiger partial charge in [0.1, 0.15) is 0 Å². The van der Waals surface area contributed by atoms with Crippen LogP contribution in [0.3, 0.4) is 0 Å². The molecule has 0 bridgehead atoms. The van der Waals surface area contributed by atoms with Crippen molar-refractivity contribution < 1.29 is 0 Å². The van der Waals surface area contributed by atoms with Crippen LogP contribution in [0.1, 0.15) is 11.1 Å². The molecule has 4 nitrogen and oxygen atoms in total. The first-order chi connectivity index (χ1) is 9.83. The number of rotatable bonds is 4. The Bertz CT molecular complexity index is 689. The van der Waals surface area contributed by atoms with E-state index >= 15 is 0 Å². The molecule has 1 aromatic heterocycles. The van der Waals surface area contributed by atoms with E-state index in [0.717, 1.165) is 17.9 Å². The van der Waals surface area contributed by atoms with Gasteiger partial charge in [-0.25, -0.2) is 4.68 Å². The maximum atomic E-state index is 4.04. The Morgan fingerprint density at radius 1 is 1.10 bits per heavy atom. The quantitative estimate of drug-likeness (QED) is 0.787. The Kier molecular flexibility index (Phi) is 3.46. The summed E-state index contributed by atoms with van der Waals surface area (Å²) in [4.78, 5) is 0.